The van der Waals surface area contributed by atoms with Gasteiger partial charge in [0.1, 0.15) is 5.75 Å². The third-order valence-corrected chi connectivity index (χ3v) is 1.59. The summed E-state index contributed by atoms with van der Waals surface area (Å²) in [6, 6.07) is 6.95. The molecule has 2 rings (SSSR count). The molecule has 0 spiro atoms. The van der Waals surface area contributed by atoms with Gasteiger partial charge in [0.15, 0.2) is 11.3 Å². The van der Waals surface area contributed by atoms with Crippen molar-refractivity contribution in [2.45, 2.75) is 6.92 Å². The van der Waals surface area contributed by atoms with E-state index in [1.807, 2.05) is 0 Å². The van der Waals surface area contributed by atoms with E-state index in [0.717, 1.165) is 19.5 Å². The highest BCUT2D eigenvalue weighted by atomic mass is 32.1. The van der Waals surface area contributed by atoms with E-state index in [-0.39, 0.29) is 0 Å². The molecule has 0 unspecified atom stereocenters. The molecule has 0 aromatic heterocycles. The molecule has 0 saturated carbocycles. The number of para-hydroxylation sites is 1. The maximum atomic E-state index is 10.5. The van der Waals surface area contributed by atoms with Crippen LogP contribution in [0.15, 0.2) is 24.3 Å². The molecule has 0 radical (unpaired) electrons. The number of carbonyl (C=O) groups is 1. The zero-order valence-electron chi connectivity index (χ0n) is 8.43. The minimum atomic E-state index is 0.407. The van der Waals surface area contributed by atoms with Crippen LogP contribution in [0, 0.1) is 0 Å². The monoisotopic (exact) mass is 224 g/mol. The van der Waals surface area contributed by atoms with Gasteiger partial charge < -0.3 is 9.47 Å². The number of ether oxygens (including phenoxy) is 2. The fourth-order valence-corrected chi connectivity index (χ4v) is 0.915. The van der Waals surface area contributed by atoms with Crippen LogP contribution in [0.3, 0.4) is 0 Å². The Labute approximate surface area is 94.0 Å². The van der Waals surface area contributed by atoms with Gasteiger partial charge in [-0.1, -0.05) is 12.1 Å². The molecule has 0 aliphatic carbocycles. The summed E-state index contributed by atoms with van der Waals surface area (Å²) in [6.45, 7) is 3.66. The summed E-state index contributed by atoms with van der Waals surface area (Å²) < 4.78 is 9.64. The van der Waals surface area contributed by atoms with Crippen molar-refractivity contribution in [2.75, 3.05) is 13.2 Å². The SMILES string of the molecule is C1CO1.CC(=S)Oc1ccccc1C=O. The van der Waals surface area contributed by atoms with E-state index in [0.29, 0.717) is 16.4 Å². The van der Waals surface area contributed by atoms with Crippen LogP contribution < -0.4 is 4.74 Å². The van der Waals surface area contributed by atoms with Crippen molar-refractivity contribution in [2.24, 2.45) is 0 Å². The Morgan fingerprint density at radius 1 is 1.47 bits per heavy atom. The van der Waals surface area contributed by atoms with Crippen molar-refractivity contribution >= 4 is 23.6 Å². The van der Waals surface area contributed by atoms with E-state index in [1.54, 1.807) is 31.2 Å². The molecule has 1 saturated heterocycles. The van der Waals surface area contributed by atoms with Crippen molar-refractivity contribution in [3.8, 4) is 5.75 Å². The number of thiocarbonyl (C=S) groups is 1. The summed E-state index contributed by atoms with van der Waals surface area (Å²) in [5.74, 6) is 0.514. The van der Waals surface area contributed by atoms with Gasteiger partial charge in [-0.2, -0.15) is 0 Å². The second kappa shape index (κ2) is 6.27. The first-order valence-electron chi connectivity index (χ1n) is 4.54. The highest BCUT2D eigenvalue weighted by Crippen LogP contribution is 2.15. The Kier molecular flexibility index (Phi) is 4.93. The normalized spacial score (nSPS) is 12.1. The van der Waals surface area contributed by atoms with Gasteiger partial charge in [-0.05, 0) is 24.4 Å². The molecule has 1 aromatic carbocycles. The lowest BCUT2D eigenvalue weighted by molar-refractivity contribution is 0.112. The Morgan fingerprint density at radius 2 is 2.07 bits per heavy atom. The van der Waals surface area contributed by atoms with Crippen LogP contribution in [0.1, 0.15) is 17.3 Å². The zero-order valence-corrected chi connectivity index (χ0v) is 9.25. The van der Waals surface area contributed by atoms with E-state index in [9.17, 15) is 4.79 Å². The summed E-state index contributed by atoms with van der Waals surface area (Å²) in [6.07, 6.45) is 0.744. The third kappa shape index (κ3) is 5.24. The van der Waals surface area contributed by atoms with Crippen molar-refractivity contribution in [1.29, 1.82) is 0 Å². The van der Waals surface area contributed by atoms with Crippen molar-refractivity contribution in [3.63, 3.8) is 0 Å². The molecule has 0 N–H and O–H groups in total. The lowest BCUT2D eigenvalue weighted by atomic mass is 10.2. The first kappa shape index (κ1) is 11.8. The van der Waals surface area contributed by atoms with Crippen LogP contribution in [0.5, 0.6) is 5.75 Å². The van der Waals surface area contributed by atoms with Gasteiger partial charge >= 0.3 is 0 Å². The van der Waals surface area contributed by atoms with Gasteiger partial charge in [-0.25, -0.2) is 0 Å². The molecule has 3 nitrogen and oxygen atoms in total. The summed E-state index contributed by atoms with van der Waals surface area (Å²) in [4.78, 5) is 10.5. The molecule has 1 heterocycles. The molecule has 1 fully saturated rings. The second-order valence-corrected chi connectivity index (χ2v) is 3.44. The molecule has 1 aliphatic heterocycles. The highest BCUT2D eigenvalue weighted by Gasteiger charge is 2.00. The van der Waals surface area contributed by atoms with Gasteiger partial charge in [0.25, 0.3) is 0 Å². The summed E-state index contributed by atoms with van der Waals surface area (Å²) in [7, 11) is 0. The van der Waals surface area contributed by atoms with Crippen LogP contribution in [-0.2, 0) is 4.74 Å². The van der Waals surface area contributed by atoms with E-state index in [4.69, 9.17) is 17.0 Å². The predicted molar refractivity (Wildman–Crippen MR) is 61.5 cm³/mol. The number of epoxide rings is 1. The fourth-order valence-electron chi connectivity index (χ4n) is 0.826. The molecular formula is C11H12O3S. The minimum absolute atomic E-state index is 0.407. The largest absolute Gasteiger partial charge is 0.450 e. The molecule has 0 amide bonds. The Balaban J connectivity index is 0.000000319. The van der Waals surface area contributed by atoms with Gasteiger partial charge in [-0.15, -0.1) is 0 Å². The average Bonchev–Trinajstić information content (AvgIpc) is 3.04. The second-order valence-electron chi connectivity index (χ2n) is 2.86. The lowest BCUT2D eigenvalue weighted by Gasteiger charge is -2.04. The molecule has 80 valence electrons. The standard InChI is InChI=1S/C9H8O2S.C2H4O/c1-7(12)11-9-5-3-2-4-8(9)6-10;1-2-3-1/h2-6H,1H3;1-2H2. The van der Waals surface area contributed by atoms with Gasteiger partial charge in [-0.3, -0.25) is 4.79 Å². The van der Waals surface area contributed by atoms with E-state index >= 15 is 0 Å². The van der Waals surface area contributed by atoms with E-state index in [1.165, 1.54) is 0 Å². The topological polar surface area (TPSA) is 38.8 Å². The highest BCUT2D eigenvalue weighted by molar-refractivity contribution is 7.80. The van der Waals surface area contributed by atoms with E-state index in [2.05, 4.69) is 4.74 Å². The predicted octanol–water partition coefficient (Wildman–Crippen LogP) is 2.24. The maximum Gasteiger partial charge on any atom is 0.164 e. The summed E-state index contributed by atoms with van der Waals surface area (Å²) in [5.41, 5.74) is 0.515. The Bertz CT molecular complexity index is 345. The maximum absolute atomic E-state index is 10.5. The average molecular weight is 224 g/mol. The van der Waals surface area contributed by atoms with E-state index < -0.39 is 0 Å². The minimum Gasteiger partial charge on any atom is -0.450 e. The van der Waals surface area contributed by atoms with Gasteiger partial charge in [0.2, 0.25) is 0 Å². The van der Waals surface area contributed by atoms with Crippen LogP contribution in [0.25, 0.3) is 0 Å². The molecule has 15 heavy (non-hydrogen) atoms. The number of carbonyl (C=O) groups excluding carboxylic acids is 1. The molecule has 0 bridgehead atoms. The van der Waals surface area contributed by atoms with Crippen LogP contribution >= 0.6 is 12.2 Å². The quantitative estimate of drug-likeness (QED) is 0.439. The van der Waals surface area contributed by atoms with Crippen LogP contribution in [-0.4, -0.2) is 24.6 Å². The van der Waals surface area contributed by atoms with Crippen LogP contribution in [0.2, 0.25) is 0 Å². The van der Waals surface area contributed by atoms with Gasteiger partial charge in [0.05, 0.1) is 18.8 Å². The van der Waals surface area contributed by atoms with Gasteiger partial charge in [0, 0.05) is 6.92 Å². The molecule has 0 atom stereocenters. The first-order valence-corrected chi connectivity index (χ1v) is 4.95. The zero-order chi connectivity index (χ0) is 11.1. The number of rotatable bonds is 2. The third-order valence-electron chi connectivity index (χ3n) is 1.50. The number of hydrogen-bond donors (Lipinski definition) is 0. The molecule has 4 heteroatoms. The first-order chi connectivity index (χ1) is 7.24. The number of aldehydes is 1. The number of hydrogen-bond acceptors (Lipinski definition) is 4. The van der Waals surface area contributed by atoms with Crippen molar-refractivity contribution in [3.05, 3.63) is 29.8 Å². The molecule has 1 aliphatic rings. The fraction of sp³-hybridized carbons (Fsp3) is 0.273. The van der Waals surface area contributed by atoms with Crippen molar-refractivity contribution in [1.82, 2.24) is 0 Å². The summed E-state index contributed by atoms with van der Waals surface area (Å²) in [5, 5.41) is 0.407. The Hall–Kier alpha value is -1.26. The number of benzene rings is 1. The summed E-state index contributed by atoms with van der Waals surface area (Å²) >= 11 is 4.75. The van der Waals surface area contributed by atoms with Crippen molar-refractivity contribution < 1.29 is 14.3 Å². The molecular weight excluding hydrogens is 212 g/mol. The molecule has 1 aromatic rings. The van der Waals surface area contributed by atoms with Crippen LogP contribution in [0.4, 0.5) is 0 Å². The Morgan fingerprint density at radius 3 is 2.53 bits per heavy atom. The smallest absolute Gasteiger partial charge is 0.164 e. The lowest BCUT2D eigenvalue weighted by Crippen LogP contribution is -2.00.